The molecule has 0 aliphatic carbocycles. The van der Waals surface area contributed by atoms with Gasteiger partial charge in [0, 0.05) is 11.8 Å². The Kier molecular flexibility index (Phi) is 3.68. The molecule has 0 aliphatic rings. The van der Waals surface area contributed by atoms with E-state index < -0.39 is 6.43 Å². The minimum atomic E-state index is -2.35. The van der Waals surface area contributed by atoms with Crippen LogP contribution < -0.4 is 10.1 Å². The van der Waals surface area contributed by atoms with Crippen molar-refractivity contribution in [3.8, 4) is 5.75 Å². The molecule has 78 valence electrons. The predicted octanol–water partition coefficient (Wildman–Crippen LogP) is 2.68. The molecule has 1 N–H and O–H groups in total. The van der Waals surface area contributed by atoms with Crippen molar-refractivity contribution >= 4 is 5.69 Å². The van der Waals surface area contributed by atoms with Gasteiger partial charge in [-0.15, -0.1) is 0 Å². The van der Waals surface area contributed by atoms with Crippen LogP contribution >= 0.6 is 0 Å². The lowest BCUT2D eigenvalue weighted by atomic mass is 10.2. The maximum absolute atomic E-state index is 11.9. The highest BCUT2D eigenvalue weighted by molar-refractivity contribution is 5.54. The summed E-state index contributed by atoms with van der Waals surface area (Å²) in [6.07, 6.45) is -2.35. The summed E-state index contributed by atoms with van der Waals surface area (Å²) in [5.41, 5.74) is 1.61. The van der Waals surface area contributed by atoms with Gasteiger partial charge in [-0.05, 0) is 18.6 Å². The number of nitrogens with one attached hydrogen (secondary N) is 1. The highest BCUT2D eigenvalue weighted by Gasteiger charge is 2.04. The molecule has 0 spiro atoms. The van der Waals surface area contributed by atoms with Gasteiger partial charge in [0.15, 0.2) is 0 Å². The number of aryl methyl sites for hydroxylation is 1. The molecule has 0 bridgehead atoms. The Balaban J connectivity index is 2.73. The Morgan fingerprint density at radius 2 is 2.14 bits per heavy atom. The lowest BCUT2D eigenvalue weighted by molar-refractivity contribution is 0.163. The van der Waals surface area contributed by atoms with Crippen molar-refractivity contribution in [3.63, 3.8) is 0 Å². The number of hydrogen-bond acceptors (Lipinski definition) is 2. The van der Waals surface area contributed by atoms with Crippen LogP contribution in [0.2, 0.25) is 0 Å². The maximum atomic E-state index is 11.9. The Bertz CT molecular complexity index is 302. The molecular weight excluding hydrogens is 188 g/mol. The van der Waals surface area contributed by atoms with E-state index in [9.17, 15) is 8.78 Å². The zero-order valence-electron chi connectivity index (χ0n) is 8.18. The first-order valence-electron chi connectivity index (χ1n) is 4.30. The van der Waals surface area contributed by atoms with Crippen LogP contribution in [0.25, 0.3) is 0 Å². The highest BCUT2D eigenvalue weighted by Crippen LogP contribution is 2.21. The second-order valence-corrected chi connectivity index (χ2v) is 2.95. The first-order chi connectivity index (χ1) is 6.63. The van der Waals surface area contributed by atoms with Gasteiger partial charge in [0.05, 0.1) is 13.7 Å². The minimum absolute atomic E-state index is 0.339. The first-order valence-corrected chi connectivity index (χ1v) is 4.30. The molecule has 2 nitrogen and oxygen atoms in total. The van der Waals surface area contributed by atoms with E-state index in [2.05, 4.69) is 5.32 Å². The van der Waals surface area contributed by atoms with Gasteiger partial charge < -0.3 is 10.1 Å². The molecule has 0 radical (unpaired) electrons. The quantitative estimate of drug-likeness (QED) is 0.808. The molecule has 0 aliphatic heterocycles. The zero-order valence-corrected chi connectivity index (χ0v) is 8.18. The molecule has 4 heteroatoms. The van der Waals surface area contributed by atoms with Crippen molar-refractivity contribution < 1.29 is 13.5 Å². The van der Waals surface area contributed by atoms with Crippen LogP contribution in [-0.2, 0) is 0 Å². The van der Waals surface area contributed by atoms with Crippen molar-refractivity contribution in [3.05, 3.63) is 23.8 Å². The fourth-order valence-electron chi connectivity index (χ4n) is 1.11. The van der Waals surface area contributed by atoms with Gasteiger partial charge in [-0.25, -0.2) is 8.78 Å². The Morgan fingerprint density at radius 3 is 2.71 bits per heavy atom. The standard InChI is InChI=1S/C10H13F2NO/c1-7-3-4-8(14-2)5-9(7)13-6-10(11)12/h3-5,10,13H,6H2,1-2H3. The highest BCUT2D eigenvalue weighted by atomic mass is 19.3. The lowest BCUT2D eigenvalue weighted by Gasteiger charge is -2.10. The van der Waals surface area contributed by atoms with Gasteiger partial charge in [0.1, 0.15) is 5.75 Å². The van der Waals surface area contributed by atoms with E-state index >= 15 is 0 Å². The molecule has 0 heterocycles. The summed E-state index contributed by atoms with van der Waals surface area (Å²) in [4.78, 5) is 0. The summed E-state index contributed by atoms with van der Waals surface area (Å²) < 4.78 is 28.9. The fourth-order valence-corrected chi connectivity index (χ4v) is 1.11. The molecule has 14 heavy (non-hydrogen) atoms. The summed E-state index contributed by atoms with van der Waals surface area (Å²) in [6, 6.07) is 5.33. The molecule has 1 aromatic rings. The largest absolute Gasteiger partial charge is 0.497 e. The monoisotopic (exact) mass is 201 g/mol. The summed E-state index contributed by atoms with van der Waals surface area (Å²) in [5.74, 6) is 0.660. The Labute approximate surface area is 81.9 Å². The number of methoxy groups -OCH3 is 1. The number of benzene rings is 1. The number of ether oxygens (including phenoxy) is 1. The van der Waals surface area contributed by atoms with Crippen LogP contribution in [-0.4, -0.2) is 20.1 Å². The minimum Gasteiger partial charge on any atom is -0.497 e. The number of alkyl halides is 2. The number of hydrogen-bond donors (Lipinski definition) is 1. The molecule has 1 aromatic carbocycles. The maximum Gasteiger partial charge on any atom is 0.255 e. The average molecular weight is 201 g/mol. The van der Waals surface area contributed by atoms with Gasteiger partial charge >= 0.3 is 0 Å². The Morgan fingerprint density at radius 1 is 1.43 bits per heavy atom. The van der Waals surface area contributed by atoms with Gasteiger partial charge in [-0.1, -0.05) is 6.07 Å². The van der Waals surface area contributed by atoms with E-state index in [0.29, 0.717) is 11.4 Å². The first kappa shape index (κ1) is 10.8. The summed E-state index contributed by atoms with van der Waals surface area (Å²) >= 11 is 0. The number of halogens is 2. The van der Waals surface area contributed by atoms with Crippen molar-refractivity contribution in [2.24, 2.45) is 0 Å². The third-order valence-electron chi connectivity index (χ3n) is 1.89. The van der Waals surface area contributed by atoms with Gasteiger partial charge in [-0.2, -0.15) is 0 Å². The molecule has 0 fully saturated rings. The summed E-state index contributed by atoms with van der Waals surface area (Å²) in [5, 5.41) is 2.66. The van der Waals surface area contributed by atoms with Gasteiger partial charge in [0.2, 0.25) is 0 Å². The van der Waals surface area contributed by atoms with E-state index in [1.165, 1.54) is 0 Å². The van der Waals surface area contributed by atoms with Crippen molar-refractivity contribution in [1.82, 2.24) is 0 Å². The topological polar surface area (TPSA) is 21.3 Å². The Hall–Kier alpha value is -1.32. The van der Waals surface area contributed by atoms with E-state index in [-0.39, 0.29) is 6.54 Å². The molecule has 0 amide bonds. The third kappa shape index (κ3) is 2.87. The summed E-state index contributed by atoms with van der Waals surface area (Å²) in [6.45, 7) is 1.52. The van der Waals surface area contributed by atoms with Crippen LogP contribution in [0.15, 0.2) is 18.2 Å². The van der Waals surface area contributed by atoms with Crippen LogP contribution in [0, 0.1) is 6.92 Å². The van der Waals surface area contributed by atoms with Gasteiger partial charge in [0.25, 0.3) is 6.43 Å². The molecular formula is C10H13F2NO. The molecule has 0 atom stereocenters. The van der Waals surface area contributed by atoms with Crippen molar-refractivity contribution in [2.45, 2.75) is 13.3 Å². The molecule has 0 aromatic heterocycles. The predicted molar refractivity (Wildman–Crippen MR) is 52.2 cm³/mol. The molecule has 0 saturated heterocycles. The van der Waals surface area contributed by atoms with E-state index in [1.807, 2.05) is 13.0 Å². The molecule has 1 rings (SSSR count). The second-order valence-electron chi connectivity index (χ2n) is 2.95. The number of rotatable bonds is 4. The SMILES string of the molecule is COc1ccc(C)c(NCC(F)F)c1. The van der Waals surface area contributed by atoms with Crippen LogP contribution in [0.1, 0.15) is 5.56 Å². The van der Waals surface area contributed by atoms with Crippen molar-refractivity contribution in [1.29, 1.82) is 0 Å². The van der Waals surface area contributed by atoms with Crippen LogP contribution in [0.4, 0.5) is 14.5 Å². The smallest absolute Gasteiger partial charge is 0.255 e. The van der Waals surface area contributed by atoms with Gasteiger partial charge in [-0.3, -0.25) is 0 Å². The van der Waals surface area contributed by atoms with E-state index in [0.717, 1.165) is 5.56 Å². The molecule has 0 saturated carbocycles. The van der Waals surface area contributed by atoms with E-state index in [4.69, 9.17) is 4.74 Å². The third-order valence-corrected chi connectivity index (χ3v) is 1.89. The average Bonchev–Trinajstić information content (AvgIpc) is 2.16. The van der Waals surface area contributed by atoms with Crippen LogP contribution in [0.3, 0.4) is 0 Å². The zero-order chi connectivity index (χ0) is 10.6. The lowest BCUT2D eigenvalue weighted by Crippen LogP contribution is -2.11. The van der Waals surface area contributed by atoms with Crippen molar-refractivity contribution in [2.75, 3.05) is 19.0 Å². The second kappa shape index (κ2) is 4.79. The summed E-state index contributed by atoms with van der Waals surface area (Å²) in [7, 11) is 1.54. The molecule has 0 unspecified atom stereocenters. The normalized spacial score (nSPS) is 10.4. The van der Waals surface area contributed by atoms with E-state index in [1.54, 1.807) is 19.2 Å². The number of anilines is 1. The van der Waals surface area contributed by atoms with Crippen LogP contribution in [0.5, 0.6) is 5.75 Å². The fraction of sp³-hybridized carbons (Fsp3) is 0.400.